The predicted molar refractivity (Wildman–Crippen MR) is 212 cm³/mol. The standard InChI is InChI=1S/C38H31Cl3N14O2/c39-26-8-12-33(54-20-43-50-52-54)23(15-26)6-10-28(56)18-31-29-11-7-24(17-30(29)48-49-31)35-36(41)47-37(46-35)32(14-22-4-2-1-3-5-22)45-38(57)42-19-25-16-27(40)9-13-34(25)55-21-44-51-53-55/h1-5,7-9,11-13,15-17,20-21,32H,6,10,14,18-19H2,(H,46,47)(H,48,49)(H2,42,45,57)/t32-/m0/s1. The lowest BCUT2D eigenvalue weighted by Crippen LogP contribution is -2.39. The number of Topliss-reactive ketones (excluding diaryl/α,β-unsaturated/α-hetero) is 1. The Labute approximate surface area is 339 Å². The minimum absolute atomic E-state index is 0.0220. The van der Waals surface area contributed by atoms with Gasteiger partial charge in [-0.3, -0.25) is 9.89 Å². The summed E-state index contributed by atoms with van der Waals surface area (Å²) in [5.74, 6) is 0.483. The van der Waals surface area contributed by atoms with Crippen molar-refractivity contribution in [1.29, 1.82) is 0 Å². The van der Waals surface area contributed by atoms with Crippen molar-refractivity contribution in [2.45, 2.75) is 38.3 Å². The van der Waals surface area contributed by atoms with E-state index < -0.39 is 12.1 Å². The lowest BCUT2D eigenvalue weighted by Gasteiger charge is -2.18. The summed E-state index contributed by atoms with van der Waals surface area (Å²) in [6, 6.07) is 25.0. The number of aromatic amines is 2. The van der Waals surface area contributed by atoms with Crippen LogP contribution in [0.4, 0.5) is 4.79 Å². The Morgan fingerprint density at radius 1 is 0.807 bits per heavy atom. The number of fused-ring (bicyclic) bond motifs is 1. The highest BCUT2D eigenvalue weighted by Gasteiger charge is 2.23. The molecule has 4 aromatic heterocycles. The molecule has 8 rings (SSSR count). The molecule has 0 saturated carbocycles. The van der Waals surface area contributed by atoms with Crippen LogP contribution < -0.4 is 10.6 Å². The van der Waals surface area contributed by atoms with Crippen LogP contribution in [0.5, 0.6) is 0 Å². The number of nitrogens with zero attached hydrogens (tertiary/aromatic N) is 10. The van der Waals surface area contributed by atoms with Crippen molar-refractivity contribution in [2.75, 3.05) is 0 Å². The highest BCUT2D eigenvalue weighted by atomic mass is 35.5. The zero-order chi connectivity index (χ0) is 39.3. The summed E-state index contributed by atoms with van der Waals surface area (Å²) in [5, 5.41) is 38.4. The average molecular weight is 822 g/mol. The molecule has 4 aromatic carbocycles. The van der Waals surface area contributed by atoms with E-state index in [1.165, 1.54) is 17.3 Å². The first-order chi connectivity index (χ1) is 27.8. The van der Waals surface area contributed by atoms with Gasteiger partial charge in [0.05, 0.1) is 28.6 Å². The number of rotatable bonds is 14. The average Bonchev–Trinajstić information content (AvgIpc) is 4.06. The number of imidazole rings is 1. The number of carbonyl (C=O) groups is 2. The van der Waals surface area contributed by atoms with E-state index in [4.69, 9.17) is 39.8 Å². The zero-order valence-electron chi connectivity index (χ0n) is 29.8. The summed E-state index contributed by atoms with van der Waals surface area (Å²) in [4.78, 5) is 34.7. The Balaban J connectivity index is 0.969. The zero-order valence-corrected chi connectivity index (χ0v) is 32.0. The Bertz CT molecular complexity index is 2660. The SMILES string of the molecule is O=C(CCc1cc(Cl)ccc1-n1cnnn1)Cc1[nH]nc2cc(-c3nc([C@H](Cc4ccccc4)NC(=O)NCc4cc(Cl)ccc4-n4cnnn4)[nH]c3Cl)ccc12. The first kappa shape index (κ1) is 37.4. The number of tetrazole rings is 2. The smallest absolute Gasteiger partial charge is 0.315 e. The van der Waals surface area contributed by atoms with Gasteiger partial charge in [0.15, 0.2) is 0 Å². The Morgan fingerprint density at radius 3 is 2.21 bits per heavy atom. The van der Waals surface area contributed by atoms with E-state index >= 15 is 0 Å². The molecule has 0 aliphatic heterocycles. The van der Waals surface area contributed by atoms with Gasteiger partial charge in [0.2, 0.25) is 0 Å². The number of carbonyl (C=O) groups excluding carboxylic acids is 2. The van der Waals surface area contributed by atoms with Crippen molar-refractivity contribution < 1.29 is 9.59 Å². The topological polar surface area (TPSA) is 203 Å². The normalized spacial score (nSPS) is 11.8. The quantitative estimate of drug-likeness (QED) is 0.0952. The van der Waals surface area contributed by atoms with E-state index in [0.717, 1.165) is 22.2 Å². The Morgan fingerprint density at radius 2 is 1.51 bits per heavy atom. The van der Waals surface area contributed by atoms with E-state index in [-0.39, 0.29) is 25.2 Å². The Kier molecular flexibility index (Phi) is 11.0. The van der Waals surface area contributed by atoms with Crippen LogP contribution >= 0.6 is 34.8 Å². The molecule has 286 valence electrons. The second-order valence-corrected chi connectivity index (χ2v) is 14.3. The van der Waals surface area contributed by atoms with Gasteiger partial charge in [-0.2, -0.15) is 5.10 Å². The molecular formula is C38H31Cl3N14O2. The van der Waals surface area contributed by atoms with Crippen molar-refractivity contribution in [1.82, 2.24) is 71.2 Å². The molecule has 0 aliphatic carbocycles. The van der Waals surface area contributed by atoms with Gasteiger partial charge >= 0.3 is 6.03 Å². The first-order valence-electron chi connectivity index (χ1n) is 17.6. The number of amides is 2. The number of aromatic nitrogens is 12. The predicted octanol–water partition coefficient (Wildman–Crippen LogP) is 6.39. The molecule has 0 saturated heterocycles. The molecule has 2 amide bonds. The van der Waals surface area contributed by atoms with E-state index in [2.05, 4.69) is 56.9 Å². The van der Waals surface area contributed by atoms with Gasteiger partial charge in [-0.1, -0.05) is 77.3 Å². The number of ketones is 1. The highest BCUT2D eigenvalue weighted by Crippen LogP contribution is 2.31. The second-order valence-electron chi connectivity index (χ2n) is 13.1. The number of halogens is 3. The molecule has 4 N–H and O–H groups in total. The molecule has 19 heteroatoms. The molecule has 0 bridgehead atoms. The van der Waals surface area contributed by atoms with Crippen LogP contribution in [0.1, 0.15) is 40.7 Å². The van der Waals surface area contributed by atoms with E-state index in [9.17, 15) is 9.59 Å². The number of urea groups is 1. The molecule has 4 heterocycles. The van der Waals surface area contributed by atoms with Crippen molar-refractivity contribution in [3.05, 3.63) is 141 Å². The van der Waals surface area contributed by atoms with Gasteiger partial charge in [0, 0.05) is 40.4 Å². The summed E-state index contributed by atoms with van der Waals surface area (Å²) in [6.45, 7) is 0.145. The van der Waals surface area contributed by atoms with Crippen molar-refractivity contribution in [3.63, 3.8) is 0 Å². The molecular weight excluding hydrogens is 791 g/mol. The van der Waals surface area contributed by atoms with Crippen LogP contribution in [0, 0.1) is 0 Å². The summed E-state index contributed by atoms with van der Waals surface area (Å²) in [5.41, 5.74) is 6.51. The van der Waals surface area contributed by atoms with Crippen LogP contribution in [0.15, 0.2) is 97.6 Å². The summed E-state index contributed by atoms with van der Waals surface area (Å²) in [6.07, 6.45) is 4.28. The lowest BCUT2D eigenvalue weighted by molar-refractivity contribution is -0.118. The van der Waals surface area contributed by atoms with Crippen LogP contribution in [-0.4, -0.2) is 72.4 Å². The van der Waals surface area contributed by atoms with E-state index in [1.807, 2.05) is 60.7 Å². The van der Waals surface area contributed by atoms with Crippen molar-refractivity contribution in [2.24, 2.45) is 0 Å². The third-order valence-electron chi connectivity index (χ3n) is 9.26. The Hall–Kier alpha value is -6.49. The van der Waals surface area contributed by atoms with Gasteiger partial charge in [-0.15, -0.1) is 10.2 Å². The maximum atomic E-state index is 13.4. The molecule has 8 aromatic rings. The van der Waals surface area contributed by atoms with Gasteiger partial charge in [0.25, 0.3) is 0 Å². The number of benzene rings is 4. The highest BCUT2D eigenvalue weighted by molar-refractivity contribution is 6.32. The summed E-state index contributed by atoms with van der Waals surface area (Å²) < 4.78 is 3.04. The van der Waals surface area contributed by atoms with Crippen LogP contribution in [0.2, 0.25) is 15.2 Å². The fourth-order valence-electron chi connectivity index (χ4n) is 6.53. The molecule has 0 radical (unpaired) electrons. The molecule has 0 unspecified atom stereocenters. The summed E-state index contributed by atoms with van der Waals surface area (Å²) >= 11 is 19.3. The van der Waals surface area contributed by atoms with Crippen molar-refractivity contribution >= 4 is 57.5 Å². The number of hydrogen-bond donors (Lipinski definition) is 4. The first-order valence-corrected chi connectivity index (χ1v) is 18.8. The lowest BCUT2D eigenvalue weighted by atomic mass is 10.0. The number of aryl methyl sites for hydroxylation is 1. The monoisotopic (exact) mass is 820 g/mol. The maximum Gasteiger partial charge on any atom is 0.315 e. The number of H-pyrrole nitrogens is 2. The minimum Gasteiger partial charge on any atom is -0.334 e. The van der Waals surface area contributed by atoms with Gasteiger partial charge < -0.3 is 15.6 Å². The number of nitrogens with one attached hydrogen (secondary N) is 4. The summed E-state index contributed by atoms with van der Waals surface area (Å²) in [7, 11) is 0. The van der Waals surface area contributed by atoms with E-state index in [1.54, 1.807) is 28.9 Å². The van der Waals surface area contributed by atoms with Gasteiger partial charge in [-0.25, -0.2) is 19.1 Å². The molecule has 16 nitrogen and oxygen atoms in total. The van der Waals surface area contributed by atoms with Gasteiger partial charge in [0.1, 0.15) is 35.1 Å². The van der Waals surface area contributed by atoms with Gasteiger partial charge in [-0.05, 0) is 92.9 Å². The van der Waals surface area contributed by atoms with Crippen LogP contribution in [0.3, 0.4) is 0 Å². The third-order valence-corrected chi connectivity index (χ3v) is 10.0. The second kappa shape index (κ2) is 16.7. The fourth-order valence-corrected chi connectivity index (χ4v) is 7.16. The largest absolute Gasteiger partial charge is 0.334 e. The minimum atomic E-state index is -0.584. The van der Waals surface area contributed by atoms with E-state index in [0.29, 0.717) is 67.6 Å². The van der Waals surface area contributed by atoms with Crippen LogP contribution in [0.25, 0.3) is 33.5 Å². The maximum absolute atomic E-state index is 13.4. The molecule has 0 fully saturated rings. The van der Waals surface area contributed by atoms with Crippen LogP contribution in [-0.2, 0) is 30.6 Å². The molecule has 57 heavy (non-hydrogen) atoms. The fraction of sp³-hybridized carbons (Fsp3) is 0.158. The number of hydrogen-bond acceptors (Lipinski definition) is 10. The third kappa shape index (κ3) is 8.67. The van der Waals surface area contributed by atoms with Crippen molar-refractivity contribution in [3.8, 4) is 22.6 Å². The molecule has 0 spiro atoms. The molecule has 1 atom stereocenters. The molecule has 0 aliphatic rings.